The van der Waals surface area contributed by atoms with Crippen LogP contribution in [0.1, 0.15) is 99.3 Å². The van der Waals surface area contributed by atoms with Crippen molar-refractivity contribution in [3.8, 4) is 0 Å². The molecule has 0 spiro atoms. The van der Waals surface area contributed by atoms with E-state index in [0.29, 0.717) is 30.1 Å². The third kappa shape index (κ3) is 3.60. The Morgan fingerprint density at radius 3 is 2.24 bits per heavy atom. The highest BCUT2D eigenvalue weighted by atomic mass is 32.2. The van der Waals surface area contributed by atoms with Gasteiger partial charge in [-0.3, -0.25) is 0 Å². The molecule has 0 saturated heterocycles. The third-order valence-corrected chi connectivity index (χ3v) is 14.1. The lowest BCUT2D eigenvalue weighted by atomic mass is 9.33. The highest BCUT2D eigenvalue weighted by molar-refractivity contribution is 7.87. The molecule has 0 aliphatic heterocycles. The lowest BCUT2D eigenvalue weighted by Crippen LogP contribution is -2.67. The van der Waals surface area contributed by atoms with Crippen LogP contribution in [-0.4, -0.2) is 19.5 Å². The molecule has 38 heavy (non-hydrogen) atoms. The van der Waals surface area contributed by atoms with Crippen molar-refractivity contribution in [2.75, 3.05) is 0 Å². The van der Waals surface area contributed by atoms with E-state index in [1.54, 1.807) is 6.08 Å². The van der Waals surface area contributed by atoms with E-state index in [4.69, 9.17) is 9.92 Å². The zero-order valence-electron chi connectivity index (χ0n) is 23.9. The van der Waals surface area contributed by atoms with Crippen LogP contribution in [0.15, 0.2) is 24.0 Å². The summed E-state index contributed by atoms with van der Waals surface area (Å²) in [6.07, 6.45) is 10.5. The molecule has 4 saturated carbocycles. The molecule has 0 heterocycles. The van der Waals surface area contributed by atoms with Crippen molar-refractivity contribution in [3.63, 3.8) is 0 Å². The molecule has 0 aromatic rings. The first kappa shape index (κ1) is 28.5. The Balaban J connectivity index is 1.51. The lowest BCUT2D eigenvalue weighted by molar-refractivity contribution is -0.221. The molecule has 216 valence electrons. The van der Waals surface area contributed by atoms with E-state index in [1.165, 1.54) is 5.57 Å². The Bertz CT molecular complexity index is 1160. The fourth-order valence-corrected chi connectivity index (χ4v) is 11.7. The van der Waals surface area contributed by atoms with E-state index < -0.39 is 21.0 Å². The van der Waals surface area contributed by atoms with E-state index in [0.717, 1.165) is 51.4 Å². The van der Waals surface area contributed by atoms with E-state index in [-0.39, 0.29) is 33.5 Å². The summed E-state index contributed by atoms with van der Waals surface area (Å²) >= 11 is 0. The van der Waals surface area contributed by atoms with Crippen LogP contribution in [0, 0.1) is 51.2 Å². The number of fused-ring (bicyclic) bond motifs is 7. The van der Waals surface area contributed by atoms with Crippen LogP contribution in [-0.2, 0) is 14.3 Å². The average molecular weight is 558 g/mol. The first-order valence-electron chi connectivity index (χ1n) is 14.4. The molecule has 0 aromatic carbocycles. The first-order valence-corrected chi connectivity index (χ1v) is 15.8. The van der Waals surface area contributed by atoms with Gasteiger partial charge >= 0.3 is 15.6 Å². The number of rotatable bonds is 3. The smallest absolute Gasteiger partial charge is 0.380 e. The van der Waals surface area contributed by atoms with Crippen molar-refractivity contribution < 1.29 is 25.8 Å². The summed E-state index contributed by atoms with van der Waals surface area (Å²) in [5.74, 6) is 1.84. The fraction of sp³-hybridized carbons (Fsp3) is 0.867. The Labute approximate surface area is 227 Å². The standard InChI is InChI=1S/C30H46F3NO3S/c1-18(2)19-10-15-29(34)17-16-27(6)20(24(19)29)8-9-22-26(5)13-12-23(37-38(35,36)30(31,32)33)25(3,4)21(26)11-14-28(22,27)7/h12,19-22,24H,1,8-11,13-17,34H2,2-7H3/t19-,20+,21-,22+,24+,26-,27+,28+,29+/m0/s1. The van der Waals surface area contributed by atoms with E-state index in [9.17, 15) is 21.6 Å². The van der Waals surface area contributed by atoms with Gasteiger partial charge in [-0.05, 0) is 117 Å². The van der Waals surface area contributed by atoms with Gasteiger partial charge in [0.1, 0.15) is 5.76 Å². The summed E-state index contributed by atoms with van der Waals surface area (Å²) < 4.78 is 68.1. The minimum Gasteiger partial charge on any atom is -0.380 e. The van der Waals surface area contributed by atoms with Crippen molar-refractivity contribution in [3.05, 3.63) is 24.0 Å². The van der Waals surface area contributed by atoms with Crippen LogP contribution in [0.4, 0.5) is 13.2 Å². The molecular weight excluding hydrogens is 511 g/mol. The van der Waals surface area contributed by atoms with Gasteiger partial charge in [0.15, 0.2) is 0 Å². The lowest BCUT2D eigenvalue weighted by Gasteiger charge is -2.72. The Morgan fingerprint density at radius 2 is 1.63 bits per heavy atom. The SMILES string of the molecule is C=C(C)[C@@H]1CC[C@@]2(N)CC[C@]3(C)[C@H](CC[C@@H]4[C@@]5(C)CC=C(OS(=O)(=O)C(F)(F)F)C(C)(C)[C@@H]5CC[C@]43C)[C@@H]12. The van der Waals surface area contributed by atoms with Crippen LogP contribution in [0.5, 0.6) is 0 Å². The zero-order valence-corrected chi connectivity index (χ0v) is 24.7. The maximum absolute atomic E-state index is 13.2. The van der Waals surface area contributed by atoms with E-state index in [1.807, 2.05) is 13.8 Å². The molecule has 0 radical (unpaired) electrons. The van der Waals surface area contributed by atoms with Crippen molar-refractivity contribution in [2.45, 2.75) is 110 Å². The normalized spacial score (nSPS) is 48.2. The van der Waals surface area contributed by atoms with Gasteiger partial charge < -0.3 is 9.92 Å². The molecule has 5 aliphatic rings. The second-order valence-electron chi connectivity index (χ2n) is 14.9. The van der Waals surface area contributed by atoms with Crippen molar-refractivity contribution in [2.24, 2.45) is 57.0 Å². The molecule has 0 bridgehead atoms. The van der Waals surface area contributed by atoms with Crippen molar-refractivity contribution in [1.29, 1.82) is 0 Å². The van der Waals surface area contributed by atoms with Gasteiger partial charge in [-0.2, -0.15) is 21.6 Å². The summed E-state index contributed by atoms with van der Waals surface area (Å²) in [6.45, 7) is 17.5. The van der Waals surface area contributed by atoms with Crippen molar-refractivity contribution in [1.82, 2.24) is 0 Å². The number of nitrogens with two attached hydrogens (primary N) is 1. The number of halogens is 3. The van der Waals surface area contributed by atoms with Gasteiger partial charge in [0.2, 0.25) is 0 Å². The predicted octanol–water partition coefficient (Wildman–Crippen LogP) is 7.72. The molecule has 9 atom stereocenters. The molecule has 8 heteroatoms. The summed E-state index contributed by atoms with van der Waals surface area (Å²) in [4.78, 5) is 0. The van der Waals surface area contributed by atoms with Crippen LogP contribution < -0.4 is 5.73 Å². The topological polar surface area (TPSA) is 69.4 Å². The third-order valence-electron chi connectivity index (χ3n) is 13.1. The number of hydrogen-bond donors (Lipinski definition) is 1. The van der Waals surface area contributed by atoms with Gasteiger partial charge in [0, 0.05) is 11.0 Å². The van der Waals surface area contributed by atoms with Crippen LogP contribution >= 0.6 is 0 Å². The second kappa shape index (κ2) is 8.27. The second-order valence-corrected chi connectivity index (χ2v) is 16.4. The molecule has 0 amide bonds. The summed E-state index contributed by atoms with van der Waals surface area (Å²) in [7, 11) is -5.70. The summed E-state index contributed by atoms with van der Waals surface area (Å²) in [5.41, 5.74) is 2.08. The van der Waals surface area contributed by atoms with Crippen LogP contribution in [0.3, 0.4) is 0 Å². The molecule has 0 aromatic heterocycles. The molecular formula is C30H46F3NO3S. The minimum absolute atomic E-state index is 0.0310. The maximum Gasteiger partial charge on any atom is 0.534 e. The molecule has 5 aliphatic carbocycles. The number of allylic oxidation sites excluding steroid dienone is 3. The molecule has 2 N–H and O–H groups in total. The van der Waals surface area contributed by atoms with Gasteiger partial charge in [-0.25, -0.2) is 0 Å². The Morgan fingerprint density at radius 1 is 0.974 bits per heavy atom. The fourth-order valence-electron chi connectivity index (χ4n) is 11.1. The van der Waals surface area contributed by atoms with E-state index >= 15 is 0 Å². The quantitative estimate of drug-likeness (QED) is 0.219. The zero-order chi connectivity index (χ0) is 28.3. The van der Waals surface area contributed by atoms with E-state index in [2.05, 4.69) is 34.3 Å². The average Bonchev–Trinajstić information content (AvgIpc) is 3.13. The van der Waals surface area contributed by atoms with Gasteiger partial charge in [-0.15, -0.1) is 0 Å². The van der Waals surface area contributed by atoms with Gasteiger partial charge in [0.25, 0.3) is 0 Å². The highest BCUT2D eigenvalue weighted by Crippen LogP contribution is 2.76. The number of alkyl halides is 3. The Kier molecular flexibility index (Phi) is 6.20. The summed E-state index contributed by atoms with van der Waals surface area (Å²) in [6, 6.07) is 0. The predicted molar refractivity (Wildman–Crippen MR) is 143 cm³/mol. The molecule has 5 rings (SSSR count). The highest BCUT2D eigenvalue weighted by Gasteiger charge is 2.70. The molecule has 0 unspecified atom stereocenters. The van der Waals surface area contributed by atoms with Crippen molar-refractivity contribution >= 4 is 10.1 Å². The van der Waals surface area contributed by atoms with Crippen LogP contribution in [0.25, 0.3) is 0 Å². The van der Waals surface area contributed by atoms with Gasteiger partial charge in [0.05, 0.1) is 0 Å². The monoisotopic (exact) mass is 557 g/mol. The summed E-state index contributed by atoms with van der Waals surface area (Å²) in [5, 5.41) is 0. The largest absolute Gasteiger partial charge is 0.534 e. The molecule has 4 fully saturated rings. The number of hydrogen-bond acceptors (Lipinski definition) is 4. The Hall–Kier alpha value is -1.02. The molecule has 4 nitrogen and oxygen atoms in total. The minimum atomic E-state index is -5.70. The maximum atomic E-state index is 13.2. The first-order chi connectivity index (χ1) is 17.2. The van der Waals surface area contributed by atoms with Gasteiger partial charge in [-0.1, -0.05) is 46.8 Å². The van der Waals surface area contributed by atoms with Crippen LogP contribution in [0.2, 0.25) is 0 Å².